The first-order valence-electron chi connectivity index (χ1n) is 6.35. The topological polar surface area (TPSA) is 52.9 Å². The minimum absolute atomic E-state index is 0.0658. The number of hydrogen-bond donors (Lipinski definition) is 1. The molecule has 1 aromatic rings. The summed E-state index contributed by atoms with van der Waals surface area (Å²) in [5, 5.41) is 11.8. The van der Waals surface area contributed by atoms with Crippen LogP contribution < -0.4 is 5.32 Å². The molecule has 1 amide bonds. The van der Waals surface area contributed by atoms with Gasteiger partial charge in [0.05, 0.1) is 12.0 Å². The molecule has 18 heavy (non-hydrogen) atoms. The molecule has 0 radical (unpaired) electrons. The molecule has 3 nitrogen and oxygen atoms in total. The van der Waals surface area contributed by atoms with Crippen LogP contribution in [-0.2, 0) is 4.79 Å². The van der Waals surface area contributed by atoms with Crippen LogP contribution in [0.2, 0.25) is 0 Å². The van der Waals surface area contributed by atoms with Crippen molar-refractivity contribution in [2.45, 2.75) is 39.2 Å². The third-order valence-corrected chi connectivity index (χ3v) is 3.03. The third-order valence-electron chi connectivity index (χ3n) is 3.03. The average molecular weight is 244 g/mol. The Morgan fingerprint density at radius 3 is 2.39 bits per heavy atom. The molecule has 0 aromatic heterocycles. The Hall–Kier alpha value is -1.82. The maximum atomic E-state index is 12.2. The number of nitrogens with zero attached hydrogens (tertiary/aromatic N) is 1. The standard InChI is InChI=1S/C15H20N2O/c1-4-13(12-8-6-5-7-9-12)15(18)17-14(10-16)11(2)3/h5-9,11,13-14H,4H2,1-3H3,(H,17,18). The summed E-state index contributed by atoms with van der Waals surface area (Å²) in [5.41, 5.74) is 0.998. The van der Waals surface area contributed by atoms with Gasteiger partial charge in [-0.2, -0.15) is 5.26 Å². The molecule has 96 valence electrons. The van der Waals surface area contributed by atoms with Gasteiger partial charge in [-0.15, -0.1) is 0 Å². The van der Waals surface area contributed by atoms with E-state index in [1.165, 1.54) is 0 Å². The number of carbonyl (C=O) groups excluding carboxylic acids is 1. The van der Waals surface area contributed by atoms with Gasteiger partial charge < -0.3 is 5.32 Å². The van der Waals surface area contributed by atoms with Crippen molar-refractivity contribution in [1.29, 1.82) is 5.26 Å². The Morgan fingerprint density at radius 1 is 1.33 bits per heavy atom. The fraction of sp³-hybridized carbons (Fsp3) is 0.467. The lowest BCUT2D eigenvalue weighted by molar-refractivity contribution is -0.123. The van der Waals surface area contributed by atoms with E-state index in [9.17, 15) is 4.79 Å². The molecule has 1 N–H and O–H groups in total. The van der Waals surface area contributed by atoms with E-state index < -0.39 is 6.04 Å². The molecular weight excluding hydrogens is 224 g/mol. The highest BCUT2D eigenvalue weighted by Crippen LogP contribution is 2.19. The van der Waals surface area contributed by atoms with Gasteiger partial charge in [0.25, 0.3) is 0 Å². The maximum Gasteiger partial charge on any atom is 0.228 e. The van der Waals surface area contributed by atoms with Gasteiger partial charge in [-0.25, -0.2) is 0 Å². The second kappa shape index (κ2) is 6.80. The molecule has 2 unspecified atom stereocenters. The molecule has 0 aliphatic rings. The quantitative estimate of drug-likeness (QED) is 0.866. The smallest absolute Gasteiger partial charge is 0.228 e. The summed E-state index contributed by atoms with van der Waals surface area (Å²) in [7, 11) is 0. The van der Waals surface area contributed by atoms with E-state index in [2.05, 4.69) is 11.4 Å². The number of benzene rings is 1. The third kappa shape index (κ3) is 3.59. The summed E-state index contributed by atoms with van der Waals surface area (Å²) in [4.78, 5) is 12.2. The van der Waals surface area contributed by atoms with Crippen LogP contribution >= 0.6 is 0 Å². The summed E-state index contributed by atoms with van der Waals surface area (Å²) >= 11 is 0. The van der Waals surface area contributed by atoms with Crippen molar-refractivity contribution >= 4 is 5.91 Å². The first-order valence-corrected chi connectivity index (χ1v) is 6.35. The number of rotatable bonds is 5. The van der Waals surface area contributed by atoms with Crippen molar-refractivity contribution in [3.8, 4) is 6.07 Å². The minimum atomic E-state index is -0.421. The summed E-state index contributed by atoms with van der Waals surface area (Å²) in [5.74, 6) is -0.128. The molecule has 3 heteroatoms. The largest absolute Gasteiger partial charge is 0.340 e. The van der Waals surface area contributed by atoms with Gasteiger partial charge in [0.15, 0.2) is 0 Å². The fourth-order valence-corrected chi connectivity index (χ4v) is 1.86. The predicted molar refractivity (Wildman–Crippen MR) is 71.9 cm³/mol. The lowest BCUT2D eigenvalue weighted by atomic mass is 9.94. The Labute approximate surface area is 109 Å². The van der Waals surface area contributed by atoms with Crippen LogP contribution in [0.5, 0.6) is 0 Å². The van der Waals surface area contributed by atoms with E-state index in [4.69, 9.17) is 5.26 Å². The van der Waals surface area contributed by atoms with Gasteiger partial charge in [0.2, 0.25) is 5.91 Å². The second-order valence-electron chi connectivity index (χ2n) is 4.73. The molecule has 0 heterocycles. The summed E-state index contributed by atoms with van der Waals surface area (Å²) in [6, 6.07) is 11.4. The van der Waals surface area contributed by atoms with Gasteiger partial charge in [-0.1, -0.05) is 51.1 Å². The van der Waals surface area contributed by atoms with E-state index in [1.54, 1.807) is 0 Å². The molecule has 0 aliphatic heterocycles. The van der Waals surface area contributed by atoms with E-state index in [-0.39, 0.29) is 17.7 Å². The van der Waals surface area contributed by atoms with Gasteiger partial charge in [0.1, 0.15) is 6.04 Å². The van der Waals surface area contributed by atoms with Crippen LogP contribution in [0.4, 0.5) is 0 Å². The lowest BCUT2D eigenvalue weighted by Gasteiger charge is -2.20. The zero-order chi connectivity index (χ0) is 13.5. The highest BCUT2D eigenvalue weighted by Gasteiger charge is 2.22. The van der Waals surface area contributed by atoms with Crippen LogP contribution in [0.1, 0.15) is 38.7 Å². The van der Waals surface area contributed by atoms with E-state index >= 15 is 0 Å². The van der Waals surface area contributed by atoms with Gasteiger partial charge in [-0.05, 0) is 17.9 Å². The first-order chi connectivity index (χ1) is 8.60. The molecule has 1 rings (SSSR count). The molecule has 2 atom stereocenters. The fourth-order valence-electron chi connectivity index (χ4n) is 1.86. The molecular formula is C15H20N2O. The molecule has 0 saturated heterocycles. The highest BCUT2D eigenvalue weighted by molar-refractivity contribution is 5.84. The van der Waals surface area contributed by atoms with Crippen molar-refractivity contribution in [1.82, 2.24) is 5.32 Å². The van der Waals surface area contributed by atoms with Crippen LogP contribution in [0, 0.1) is 17.2 Å². The number of amides is 1. The molecule has 0 saturated carbocycles. The van der Waals surface area contributed by atoms with Crippen LogP contribution in [0.3, 0.4) is 0 Å². The monoisotopic (exact) mass is 244 g/mol. The maximum absolute atomic E-state index is 12.2. The highest BCUT2D eigenvalue weighted by atomic mass is 16.1. The molecule has 0 spiro atoms. The first kappa shape index (κ1) is 14.2. The number of nitrogens with one attached hydrogen (secondary N) is 1. The normalized spacial score (nSPS) is 13.7. The Bertz CT molecular complexity index is 420. The molecule has 0 fully saturated rings. The minimum Gasteiger partial charge on any atom is -0.340 e. The Kier molecular flexibility index (Phi) is 5.38. The number of nitriles is 1. The van der Waals surface area contributed by atoms with Crippen LogP contribution in [0.15, 0.2) is 30.3 Å². The summed E-state index contributed by atoms with van der Waals surface area (Å²) < 4.78 is 0. The van der Waals surface area contributed by atoms with E-state index in [1.807, 2.05) is 51.1 Å². The average Bonchev–Trinajstić information content (AvgIpc) is 2.37. The van der Waals surface area contributed by atoms with Crippen molar-refractivity contribution < 1.29 is 4.79 Å². The van der Waals surface area contributed by atoms with Crippen molar-refractivity contribution in [3.63, 3.8) is 0 Å². The Balaban J connectivity index is 2.79. The van der Waals surface area contributed by atoms with Crippen molar-refractivity contribution in [3.05, 3.63) is 35.9 Å². The Morgan fingerprint density at radius 2 is 1.94 bits per heavy atom. The van der Waals surface area contributed by atoms with Crippen LogP contribution in [-0.4, -0.2) is 11.9 Å². The van der Waals surface area contributed by atoms with E-state index in [0.29, 0.717) is 0 Å². The predicted octanol–water partition coefficient (Wildman–Crippen LogP) is 2.84. The van der Waals surface area contributed by atoms with Gasteiger partial charge >= 0.3 is 0 Å². The summed E-state index contributed by atoms with van der Waals surface area (Å²) in [6.45, 7) is 5.84. The van der Waals surface area contributed by atoms with Gasteiger partial charge in [-0.3, -0.25) is 4.79 Å². The second-order valence-corrected chi connectivity index (χ2v) is 4.73. The molecule has 0 bridgehead atoms. The lowest BCUT2D eigenvalue weighted by Crippen LogP contribution is -2.40. The van der Waals surface area contributed by atoms with Crippen LogP contribution in [0.25, 0.3) is 0 Å². The zero-order valence-corrected chi connectivity index (χ0v) is 11.2. The van der Waals surface area contributed by atoms with E-state index in [0.717, 1.165) is 12.0 Å². The SMILES string of the molecule is CCC(C(=O)NC(C#N)C(C)C)c1ccccc1. The van der Waals surface area contributed by atoms with Crippen molar-refractivity contribution in [2.24, 2.45) is 5.92 Å². The summed E-state index contributed by atoms with van der Waals surface area (Å²) in [6.07, 6.45) is 0.728. The van der Waals surface area contributed by atoms with Crippen molar-refractivity contribution in [2.75, 3.05) is 0 Å². The zero-order valence-electron chi connectivity index (χ0n) is 11.2. The number of hydrogen-bond acceptors (Lipinski definition) is 2. The molecule has 0 aliphatic carbocycles. The van der Waals surface area contributed by atoms with Gasteiger partial charge in [0, 0.05) is 0 Å². The number of carbonyl (C=O) groups is 1. The molecule has 1 aromatic carbocycles.